The van der Waals surface area contributed by atoms with Crippen molar-refractivity contribution in [3.63, 3.8) is 0 Å². The molecule has 144 valence electrons. The summed E-state index contributed by atoms with van der Waals surface area (Å²) in [6.07, 6.45) is 3.12. The first-order chi connectivity index (χ1) is 12.9. The molecule has 1 aromatic rings. The number of rotatable bonds is 9. The molecule has 9 heteroatoms. The lowest BCUT2D eigenvalue weighted by Gasteiger charge is -2.11. The third-order valence-electron chi connectivity index (χ3n) is 3.46. The standard InChI is InChI=1S/C18H19NO7S/c1-2-3-8-25-16(22)10-19-17(23)14(27-18(19)24)9-12-4-6-13(7-5-12)26-11-15(20)21/h4-7,9H,2-3,8,10-11H2,1H3,(H,20,21)/b14-9+. The summed E-state index contributed by atoms with van der Waals surface area (Å²) < 4.78 is 10.0. The van der Waals surface area contributed by atoms with Gasteiger partial charge in [0.25, 0.3) is 11.1 Å². The van der Waals surface area contributed by atoms with E-state index in [1.54, 1.807) is 24.3 Å². The van der Waals surface area contributed by atoms with E-state index < -0.39 is 36.2 Å². The normalized spacial score (nSPS) is 15.3. The molecule has 8 nitrogen and oxygen atoms in total. The first-order valence-electron chi connectivity index (χ1n) is 8.26. The second kappa shape index (κ2) is 9.77. The van der Waals surface area contributed by atoms with Crippen LogP contribution >= 0.6 is 11.8 Å². The Balaban J connectivity index is 1.98. The molecule has 1 aromatic carbocycles. The van der Waals surface area contributed by atoms with Crippen molar-refractivity contribution in [3.05, 3.63) is 34.7 Å². The third-order valence-corrected chi connectivity index (χ3v) is 4.37. The molecule has 27 heavy (non-hydrogen) atoms. The number of aliphatic carboxylic acids is 1. The Kier molecular flexibility index (Phi) is 7.42. The molecule has 0 atom stereocenters. The highest BCUT2D eigenvalue weighted by Crippen LogP contribution is 2.32. The number of carboxylic acid groups (broad SMARTS) is 1. The van der Waals surface area contributed by atoms with E-state index in [-0.39, 0.29) is 11.5 Å². The molecule has 0 aliphatic carbocycles. The molecule has 2 rings (SSSR count). The van der Waals surface area contributed by atoms with Crippen LogP contribution in [-0.4, -0.2) is 52.8 Å². The van der Waals surface area contributed by atoms with Gasteiger partial charge in [0.2, 0.25) is 0 Å². The van der Waals surface area contributed by atoms with Gasteiger partial charge in [-0.3, -0.25) is 19.3 Å². The Labute approximate surface area is 160 Å². The van der Waals surface area contributed by atoms with Gasteiger partial charge in [0.1, 0.15) is 12.3 Å². The number of benzene rings is 1. The second-order valence-corrected chi connectivity index (χ2v) is 6.59. The Hall–Kier alpha value is -2.81. The quantitative estimate of drug-likeness (QED) is 0.387. The highest BCUT2D eigenvalue weighted by molar-refractivity contribution is 8.18. The molecule has 0 bridgehead atoms. The van der Waals surface area contributed by atoms with E-state index in [1.165, 1.54) is 6.08 Å². The van der Waals surface area contributed by atoms with Crippen molar-refractivity contribution >= 4 is 40.9 Å². The Bertz CT molecular complexity index is 757. The number of unbranched alkanes of at least 4 members (excludes halogenated alkanes) is 1. The Morgan fingerprint density at radius 2 is 1.93 bits per heavy atom. The number of hydrogen-bond donors (Lipinski definition) is 1. The molecule has 0 aromatic heterocycles. The fraction of sp³-hybridized carbons (Fsp3) is 0.333. The highest BCUT2D eigenvalue weighted by Gasteiger charge is 2.36. The predicted molar refractivity (Wildman–Crippen MR) is 98.1 cm³/mol. The van der Waals surface area contributed by atoms with Crippen molar-refractivity contribution in [1.82, 2.24) is 4.90 Å². The van der Waals surface area contributed by atoms with Gasteiger partial charge in [-0.25, -0.2) is 4.79 Å². The number of esters is 1. The lowest BCUT2D eigenvalue weighted by Crippen LogP contribution is -2.34. The first kappa shape index (κ1) is 20.5. The van der Waals surface area contributed by atoms with Crippen LogP contribution in [0.2, 0.25) is 0 Å². The van der Waals surface area contributed by atoms with E-state index in [4.69, 9.17) is 14.6 Å². The zero-order valence-electron chi connectivity index (χ0n) is 14.7. The van der Waals surface area contributed by atoms with Crippen molar-refractivity contribution in [2.75, 3.05) is 19.8 Å². The van der Waals surface area contributed by atoms with Crippen molar-refractivity contribution in [2.45, 2.75) is 19.8 Å². The molecule has 0 spiro atoms. The van der Waals surface area contributed by atoms with Crippen molar-refractivity contribution < 1.29 is 33.8 Å². The van der Waals surface area contributed by atoms with Crippen LogP contribution < -0.4 is 4.74 Å². The van der Waals surface area contributed by atoms with Crippen LogP contribution in [0.1, 0.15) is 25.3 Å². The first-order valence-corrected chi connectivity index (χ1v) is 9.08. The van der Waals surface area contributed by atoms with E-state index in [0.717, 1.165) is 29.5 Å². The number of carbonyl (C=O) groups excluding carboxylic acids is 3. The minimum Gasteiger partial charge on any atom is -0.482 e. The number of ether oxygens (including phenoxy) is 2. The van der Waals surface area contributed by atoms with E-state index in [2.05, 4.69) is 0 Å². The SMILES string of the molecule is CCCCOC(=O)CN1C(=O)S/C(=C/c2ccc(OCC(=O)O)cc2)C1=O. The summed E-state index contributed by atoms with van der Waals surface area (Å²) in [6, 6.07) is 6.38. The lowest BCUT2D eigenvalue weighted by molar-refractivity contribution is -0.146. The summed E-state index contributed by atoms with van der Waals surface area (Å²) in [4.78, 5) is 47.6. The van der Waals surface area contributed by atoms with E-state index in [0.29, 0.717) is 11.3 Å². The second-order valence-electron chi connectivity index (χ2n) is 5.59. The van der Waals surface area contributed by atoms with Gasteiger partial charge >= 0.3 is 11.9 Å². The van der Waals surface area contributed by atoms with Gasteiger partial charge in [0.15, 0.2) is 6.61 Å². The predicted octanol–water partition coefficient (Wildman–Crippen LogP) is 2.53. The Morgan fingerprint density at radius 3 is 2.56 bits per heavy atom. The van der Waals surface area contributed by atoms with Crippen molar-refractivity contribution in [3.8, 4) is 5.75 Å². The molecule has 1 aliphatic heterocycles. The zero-order chi connectivity index (χ0) is 19.8. The molecule has 1 heterocycles. The summed E-state index contributed by atoms with van der Waals surface area (Å²) in [5.41, 5.74) is 0.633. The summed E-state index contributed by atoms with van der Waals surface area (Å²) in [5, 5.41) is 8.05. The van der Waals surface area contributed by atoms with Gasteiger partial charge in [-0.2, -0.15) is 0 Å². The molecule has 2 amide bonds. The molecular weight excluding hydrogens is 374 g/mol. The Morgan fingerprint density at radius 1 is 1.22 bits per heavy atom. The molecule has 1 saturated heterocycles. The molecule has 1 aliphatic rings. The molecule has 1 N–H and O–H groups in total. The lowest BCUT2D eigenvalue weighted by atomic mass is 10.2. The monoisotopic (exact) mass is 393 g/mol. The van der Waals surface area contributed by atoms with Crippen LogP contribution in [-0.2, 0) is 19.1 Å². The minimum atomic E-state index is -1.08. The highest BCUT2D eigenvalue weighted by atomic mass is 32.2. The minimum absolute atomic E-state index is 0.195. The zero-order valence-corrected chi connectivity index (χ0v) is 15.5. The number of imide groups is 1. The van der Waals surface area contributed by atoms with Crippen LogP contribution in [0.3, 0.4) is 0 Å². The third kappa shape index (κ3) is 6.14. The maximum Gasteiger partial charge on any atom is 0.341 e. The summed E-state index contributed by atoms with van der Waals surface area (Å²) >= 11 is 0.747. The summed E-state index contributed by atoms with van der Waals surface area (Å²) in [7, 11) is 0. The van der Waals surface area contributed by atoms with Crippen LogP contribution in [0.15, 0.2) is 29.2 Å². The maximum absolute atomic E-state index is 12.3. The average molecular weight is 393 g/mol. The number of hydrogen-bond acceptors (Lipinski definition) is 7. The molecule has 0 unspecified atom stereocenters. The van der Waals surface area contributed by atoms with Crippen LogP contribution in [0.5, 0.6) is 5.75 Å². The maximum atomic E-state index is 12.3. The van der Waals surface area contributed by atoms with Crippen LogP contribution in [0.4, 0.5) is 4.79 Å². The van der Waals surface area contributed by atoms with Gasteiger partial charge < -0.3 is 14.6 Å². The van der Waals surface area contributed by atoms with Gasteiger partial charge in [0.05, 0.1) is 11.5 Å². The number of thioether (sulfide) groups is 1. The fourth-order valence-electron chi connectivity index (χ4n) is 2.10. The number of carbonyl (C=O) groups is 4. The van der Waals surface area contributed by atoms with E-state index in [9.17, 15) is 19.2 Å². The number of nitrogens with zero attached hydrogens (tertiary/aromatic N) is 1. The molecular formula is C18H19NO7S. The van der Waals surface area contributed by atoms with Gasteiger partial charge in [-0.15, -0.1) is 0 Å². The fourth-order valence-corrected chi connectivity index (χ4v) is 2.94. The van der Waals surface area contributed by atoms with Crippen molar-refractivity contribution in [1.29, 1.82) is 0 Å². The smallest absolute Gasteiger partial charge is 0.341 e. The van der Waals surface area contributed by atoms with E-state index in [1.807, 2.05) is 6.92 Å². The number of amides is 2. The molecule has 1 fully saturated rings. The van der Waals surface area contributed by atoms with Gasteiger partial charge in [-0.1, -0.05) is 25.5 Å². The topological polar surface area (TPSA) is 110 Å². The number of carboxylic acids is 1. The van der Waals surface area contributed by atoms with Crippen molar-refractivity contribution in [2.24, 2.45) is 0 Å². The van der Waals surface area contributed by atoms with E-state index >= 15 is 0 Å². The summed E-state index contributed by atoms with van der Waals surface area (Å²) in [6.45, 7) is 1.36. The van der Waals surface area contributed by atoms with Crippen LogP contribution in [0.25, 0.3) is 6.08 Å². The molecule has 0 radical (unpaired) electrons. The van der Waals surface area contributed by atoms with Gasteiger partial charge in [0, 0.05) is 0 Å². The largest absolute Gasteiger partial charge is 0.482 e. The van der Waals surface area contributed by atoms with Crippen LogP contribution in [0, 0.1) is 0 Å². The van der Waals surface area contributed by atoms with Gasteiger partial charge in [-0.05, 0) is 42.0 Å². The molecule has 0 saturated carbocycles. The average Bonchev–Trinajstić information content (AvgIpc) is 2.89. The summed E-state index contributed by atoms with van der Waals surface area (Å²) in [5.74, 6) is -1.88.